The molecular formula is C16H17N5. The van der Waals surface area contributed by atoms with Gasteiger partial charge in [0.25, 0.3) is 0 Å². The molecule has 0 saturated heterocycles. The lowest BCUT2D eigenvalue weighted by atomic mass is 10.1. The molecule has 1 saturated carbocycles. The predicted molar refractivity (Wildman–Crippen MR) is 82.2 cm³/mol. The summed E-state index contributed by atoms with van der Waals surface area (Å²) in [5.41, 5.74) is 8.77. The van der Waals surface area contributed by atoms with Gasteiger partial charge in [0.05, 0.1) is 12.5 Å². The first-order chi connectivity index (χ1) is 10.2. The van der Waals surface area contributed by atoms with E-state index in [1.165, 1.54) is 0 Å². The molecule has 1 heterocycles. The number of rotatable bonds is 4. The SMILES string of the molecule is Cc1c(N)nc(C2CC2)nc1Nc1ccc(CC#N)cc1. The Morgan fingerprint density at radius 3 is 2.62 bits per heavy atom. The van der Waals surface area contributed by atoms with E-state index in [2.05, 4.69) is 21.4 Å². The highest BCUT2D eigenvalue weighted by Gasteiger charge is 2.27. The second-order valence-electron chi connectivity index (χ2n) is 5.37. The van der Waals surface area contributed by atoms with Crippen LogP contribution in [0.5, 0.6) is 0 Å². The molecule has 0 aliphatic heterocycles. The minimum absolute atomic E-state index is 0.422. The summed E-state index contributed by atoms with van der Waals surface area (Å²) in [7, 11) is 0. The maximum Gasteiger partial charge on any atom is 0.139 e. The van der Waals surface area contributed by atoms with Gasteiger partial charge in [-0.2, -0.15) is 5.26 Å². The fraction of sp³-hybridized carbons (Fsp3) is 0.312. The molecule has 1 aliphatic carbocycles. The minimum Gasteiger partial charge on any atom is -0.383 e. The molecule has 3 rings (SSSR count). The lowest BCUT2D eigenvalue weighted by Gasteiger charge is -2.12. The highest BCUT2D eigenvalue weighted by atomic mass is 15.1. The number of hydrogen-bond acceptors (Lipinski definition) is 5. The van der Waals surface area contributed by atoms with E-state index in [4.69, 9.17) is 11.0 Å². The van der Waals surface area contributed by atoms with Gasteiger partial charge in [-0.25, -0.2) is 9.97 Å². The van der Waals surface area contributed by atoms with Gasteiger partial charge in [-0.15, -0.1) is 0 Å². The summed E-state index contributed by atoms with van der Waals surface area (Å²) in [6.45, 7) is 1.92. The van der Waals surface area contributed by atoms with Crippen LogP contribution in [0.3, 0.4) is 0 Å². The lowest BCUT2D eigenvalue weighted by Crippen LogP contribution is -2.06. The van der Waals surface area contributed by atoms with Crippen molar-refractivity contribution in [2.75, 3.05) is 11.1 Å². The number of benzene rings is 1. The quantitative estimate of drug-likeness (QED) is 0.898. The number of nitrogens with zero attached hydrogens (tertiary/aromatic N) is 3. The van der Waals surface area contributed by atoms with Gasteiger partial charge in [-0.1, -0.05) is 12.1 Å². The Morgan fingerprint density at radius 1 is 1.29 bits per heavy atom. The molecule has 0 radical (unpaired) electrons. The smallest absolute Gasteiger partial charge is 0.139 e. The average molecular weight is 279 g/mol. The second-order valence-corrected chi connectivity index (χ2v) is 5.37. The molecule has 106 valence electrons. The molecule has 3 N–H and O–H groups in total. The van der Waals surface area contributed by atoms with Gasteiger partial charge in [-0.05, 0) is 37.5 Å². The third-order valence-electron chi connectivity index (χ3n) is 3.64. The second kappa shape index (κ2) is 5.41. The minimum atomic E-state index is 0.422. The van der Waals surface area contributed by atoms with Crippen LogP contribution < -0.4 is 11.1 Å². The zero-order valence-electron chi connectivity index (χ0n) is 11.9. The zero-order chi connectivity index (χ0) is 14.8. The zero-order valence-corrected chi connectivity index (χ0v) is 11.9. The molecule has 1 aromatic carbocycles. The highest BCUT2D eigenvalue weighted by Crippen LogP contribution is 2.39. The Morgan fingerprint density at radius 2 is 2.00 bits per heavy atom. The molecule has 5 heteroatoms. The number of anilines is 3. The van der Waals surface area contributed by atoms with E-state index in [-0.39, 0.29) is 0 Å². The van der Waals surface area contributed by atoms with E-state index in [1.807, 2.05) is 31.2 Å². The van der Waals surface area contributed by atoms with E-state index >= 15 is 0 Å². The van der Waals surface area contributed by atoms with Gasteiger partial charge in [-0.3, -0.25) is 0 Å². The van der Waals surface area contributed by atoms with Crippen molar-refractivity contribution in [1.29, 1.82) is 5.26 Å². The molecule has 2 aromatic rings. The van der Waals surface area contributed by atoms with E-state index in [9.17, 15) is 0 Å². The number of aromatic nitrogens is 2. The van der Waals surface area contributed by atoms with Crippen LogP contribution in [0, 0.1) is 18.3 Å². The molecule has 1 aromatic heterocycles. The van der Waals surface area contributed by atoms with Crippen molar-refractivity contribution in [3.8, 4) is 6.07 Å². The summed E-state index contributed by atoms with van der Waals surface area (Å²) in [5.74, 6) is 2.60. The molecule has 21 heavy (non-hydrogen) atoms. The van der Waals surface area contributed by atoms with E-state index in [1.54, 1.807) is 0 Å². The van der Waals surface area contributed by atoms with Crippen LogP contribution in [0.2, 0.25) is 0 Å². The summed E-state index contributed by atoms with van der Waals surface area (Å²) < 4.78 is 0. The van der Waals surface area contributed by atoms with Crippen LogP contribution >= 0.6 is 0 Å². The monoisotopic (exact) mass is 279 g/mol. The van der Waals surface area contributed by atoms with Gasteiger partial charge >= 0.3 is 0 Å². The Balaban J connectivity index is 1.85. The number of hydrogen-bond donors (Lipinski definition) is 2. The van der Waals surface area contributed by atoms with Crippen LogP contribution in [0.1, 0.15) is 35.7 Å². The lowest BCUT2D eigenvalue weighted by molar-refractivity contribution is 0.928. The van der Waals surface area contributed by atoms with Crippen molar-refractivity contribution in [1.82, 2.24) is 9.97 Å². The van der Waals surface area contributed by atoms with Crippen molar-refractivity contribution in [3.05, 3.63) is 41.2 Å². The molecule has 0 unspecified atom stereocenters. The Labute approximate surface area is 123 Å². The number of nitriles is 1. The molecule has 0 amide bonds. The fourth-order valence-electron chi connectivity index (χ4n) is 2.13. The summed E-state index contributed by atoms with van der Waals surface area (Å²) in [6, 6.07) is 9.91. The van der Waals surface area contributed by atoms with Gasteiger partial charge in [0.2, 0.25) is 0 Å². The normalized spacial score (nSPS) is 13.7. The van der Waals surface area contributed by atoms with Crippen LogP contribution in [-0.2, 0) is 6.42 Å². The fourth-order valence-corrected chi connectivity index (χ4v) is 2.13. The number of nitrogens with two attached hydrogens (primary N) is 1. The first-order valence-electron chi connectivity index (χ1n) is 7.04. The van der Waals surface area contributed by atoms with Crippen molar-refractivity contribution >= 4 is 17.3 Å². The third kappa shape index (κ3) is 2.95. The van der Waals surface area contributed by atoms with Gasteiger partial charge in [0.1, 0.15) is 17.5 Å². The maximum atomic E-state index is 8.68. The maximum absolute atomic E-state index is 8.68. The van der Waals surface area contributed by atoms with Crippen molar-refractivity contribution in [3.63, 3.8) is 0 Å². The van der Waals surface area contributed by atoms with Crippen LogP contribution in [0.15, 0.2) is 24.3 Å². The third-order valence-corrected chi connectivity index (χ3v) is 3.64. The highest BCUT2D eigenvalue weighted by molar-refractivity contribution is 5.64. The van der Waals surface area contributed by atoms with Crippen LogP contribution in [0.25, 0.3) is 0 Å². The molecule has 0 bridgehead atoms. The van der Waals surface area contributed by atoms with Gasteiger partial charge < -0.3 is 11.1 Å². The first kappa shape index (κ1) is 13.4. The molecule has 0 atom stereocenters. The molecule has 5 nitrogen and oxygen atoms in total. The predicted octanol–water partition coefficient (Wildman–Crippen LogP) is 3.05. The van der Waals surface area contributed by atoms with Crippen LogP contribution in [-0.4, -0.2) is 9.97 Å². The number of nitrogen functional groups attached to an aromatic ring is 1. The Bertz CT molecular complexity index is 696. The number of nitrogens with one attached hydrogen (secondary N) is 1. The van der Waals surface area contributed by atoms with Gasteiger partial charge in [0, 0.05) is 17.2 Å². The summed E-state index contributed by atoms with van der Waals surface area (Å²) in [6.07, 6.45) is 2.71. The Hall–Kier alpha value is -2.61. The van der Waals surface area contributed by atoms with E-state index < -0.39 is 0 Å². The van der Waals surface area contributed by atoms with E-state index in [0.29, 0.717) is 18.2 Å². The topological polar surface area (TPSA) is 87.6 Å². The molecule has 1 fully saturated rings. The molecule has 1 aliphatic rings. The van der Waals surface area contributed by atoms with Crippen molar-refractivity contribution < 1.29 is 0 Å². The average Bonchev–Trinajstić information content (AvgIpc) is 3.30. The standard InChI is InChI=1S/C16H17N5/c1-10-14(18)20-16(12-4-5-12)21-15(10)19-13-6-2-11(3-7-13)8-9-17/h2-3,6-7,12H,4-5,8H2,1H3,(H3,18,19,20,21). The Kier molecular flexibility index (Phi) is 3.44. The summed E-state index contributed by atoms with van der Waals surface area (Å²) in [4.78, 5) is 8.96. The van der Waals surface area contributed by atoms with Gasteiger partial charge in [0.15, 0.2) is 0 Å². The van der Waals surface area contributed by atoms with Crippen molar-refractivity contribution in [2.45, 2.75) is 32.1 Å². The summed E-state index contributed by atoms with van der Waals surface area (Å²) in [5, 5.41) is 12.0. The van der Waals surface area contributed by atoms with Crippen LogP contribution in [0.4, 0.5) is 17.3 Å². The molecule has 0 spiro atoms. The largest absolute Gasteiger partial charge is 0.383 e. The molecular weight excluding hydrogens is 262 g/mol. The van der Waals surface area contributed by atoms with Crippen molar-refractivity contribution in [2.24, 2.45) is 0 Å². The first-order valence-corrected chi connectivity index (χ1v) is 7.04. The summed E-state index contributed by atoms with van der Waals surface area (Å²) >= 11 is 0. The van der Waals surface area contributed by atoms with E-state index in [0.717, 1.165) is 41.3 Å².